The first-order chi connectivity index (χ1) is 58.3. The number of amides is 3. The van der Waals surface area contributed by atoms with Gasteiger partial charge in [-0.05, 0) is 189 Å². The molecule has 0 spiro atoms. The number of halogens is 11. The summed E-state index contributed by atoms with van der Waals surface area (Å²) >= 11 is 6.40. The number of hydrogen-bond acceptors (Lipinski definition) is 14. The van der Waals surface area contributed by atoms with Gasteiger partial charge in [-0.2, -0.15) is 39.5 Å². The number of nitrogens with two attached hydrogens (primary N) is 2. The molecule has 664 valence electrons. The number of aliphatic hydroxyl groups excluding tert-OH is 5. The van der Waals surface area contributed by atoms with E-state index < -0.39 is 60.7 Å². The van der Waals surface area contributed by atoms with Crippen LogP contribution >= 0.6 is 31.9 Å². The van der Waals surface area contributed by atoms with Crippen molar-refractivity contribution >= 4 is 61.8 Å². The number of alkyl halides is 9. The van der Waals surface area contributed by atoms with Gasteiger partial charge in [0, 0.05) is 77.6 Å². The van der Waals surface area contributed by atoms with Crippen molar-refractivity contribution in [3.63, 3.8) is 0 Å². The number of ketones is 1. The predicted octanol–water partition coefficient (Wildman–Crippen LogP) is 11.2. The monoisotopic (exact) mass is 1920 g/mol. The summed E-state index contributed by atoms with van der Waals surface area (Å²) < 4.78 is 109. The van der Waals surface area contributed by atoms with E-state index in [9.17, 15) is 79.1 Å². The molecule has 17 nitrogen and oxygen atoms in total. The summed E-state index contributed by atoms with van der Waals surface area (Å²) in [7, 11) is 0. The molecule has 3 amide bonds. The molecule has 12 N–H and O–H groups in total. The average molecular weight is 1920 g/mol. The number of unbranched alkanes of at least 4 members (excludes halogenated alkanes) is 1. The summed E-state index contributed by atoms with van der Waals surface area (Å²) in [4.78, 5) is 54.6. The molecular weight excluding hydrogens is 1810 g/mol. The van der Waals surface area contributed by atoms with Crippen molar-refractivity contribution in [2.45, 2.75) is 154 Å². The molecule has 0 fully saturated rings. The van der Waals surface area contributed by atoms with Gasteiger partial charge in [-0.3, -0.25) is 24.0 Å². The molecule has 30 heteroatoms. The Balaban J connectivity index is -0.00000143. The van der Waals surface area contributed by atoms with Crippen molar-refractivity contribution in [3.05, 3.63) is 318 Å². The fourth-order valence-electron chi connectivity index (χ4n) is 10.5. The van der Waals surface area contributed by atoms with Crippen molar-refractivity contribution in [1.82, 2.24) is 16.0 Å². The van der Waals surface area contributed by atoms with Gasteiger partial charge in [0.05, 0.1) is 24.4 Å². The second-order valence-corrected chi connectivity index (χ2v) is 28.1. The van der Waals surface area contributed by atoms with Crippen molar-refractivity contribution in [2.75, 3.05) is 39.3 Å². The first kappa shape index (κ1) is 120. The number of nitrogens with one attached hydrogen (secondary N) is 3. The molecule has 4 atom stereocenters. The van der Waals surface area contributed by atoms with Crippen molar-refractivity contribution in [3.8, 4) is 36.0 Å². The van der Waals surface area contributed by atoms with Gasteiger partial charge in [-0.1, -0.05) is 257 Å². The number of carbonyl (C=O) groups excluding carboxylic acids is 5. The van der Waals surface area contributed by atoms with Crippen LogP contribution in [0.2, 0.25) is 0 Å². The molecule has 0 heterocycles. The maximum absolute atomic E-state index is 12.1. The van der Waals surface area contributed by atoms with Gasteiger partial charge in [-0.15, -0.1) is 12.3 Å². The van der Waals surface area contributed by atoms with Crippen LogP contribution in [0.4, 0.5) is 39.5 Å². The van der Waals surface area contributed by atoms with Crippen LogP contribution in [0.3, 0.4) is 0 Å². The number of aliphatic hydroxyl groups is 5. The first-order valence-corrected chi connectivity index (χ1v) is 40.3. The average Bonchev–Trinajstić information content (AvgIpc) is 0.890. The van der Waals surface area contributed by atoms with E-state index >= 15 is 0 Å². The minimum Gasteiger partial charge on any atom is -1.00 e. The molecule has 0 saturated carbocycles. The van der Waals surface area contributed by atoms with E-state index in [0.717, 1.165) is 71.7 Å². The van der Waals surface area contributed by atoms with Crippen LogP contribution in [-0.4, -0.2) is 113 Å². The quantitative estimate of drug-likeness (QED) is 0.00293. The zero-order valence-electron chi connectivity index (χ0n) is 70.3. The maximum atomic E-state index is 12.1. The summed E-state index contributed by atoms with van der Waals surface area (Å²) in [6.45, 7) is 1.89. The number of benzene rings is 9. The molecular formula is C95H108Br2F9K2N5O12. The number of terminal acetylenes is 1. The molecule has 0 radical (unpaired) electrons. The standard InChI is InChI=1S/C21H20F3NO2.C19H25NO.C19H21NO.C11H11BrF3NO2.C11H9BrF3NO2.C10H10.C2H6O.CH2O3.CH4.2K.H/c22-21(23,24)20(27)25-14-13-19(26)18-12-6-11-17(15-18)10-5-4-9-16-7-2-1-3-8-16;2*20-14-13-19(21)18-12-6-11-17(15-18)10-5-4-9-16-7-2-1-3-8-16;2*12-8-3-1-2-7(6-8)9(17)4-5-16-10(18)11(13,14)15;1-2-3-7-10-8-5-4-6-9-10;1-2-3;2-1-4-3;;;;/h1-3,6-8,11-12,15,19,26H,4,9,13-14H2,(H,25,27);1-3,6-8,11-12,15,19,21H,4-5,9-10,13-14,20H2;1-3,6-8,11-12,15,19,21H,4,9,13-14,20H2;1-3,6,9,17H,4-5H2,(H,16,18);1-3,6H,4-5H2,(H,16,18);1,4-6,8-9H,3,7H2;3H,2H2,1H3;1,3H;1H4;;;/q;;;;;;;;;2*+1;-1/p-1/t3*19-;9-;;;;;;;;/m1111......../s1. The summed E-state index contributed by atoms with van der Waals surface area (Å²) in [5, 5.41) is 60.8. The number of aryl methyl sites for hydroxylation is 5. The van der Waals surface area contributed by atoms with E-state index in [1.165, 1.54) is 40.7 Å². The molecule has 0 aliphatic heterocycles. The van der Waals surface area contributed by atoms with Crippen LogP contribution in [0, 0.1) is 36.0 Å². The molecule has 0 saturated heterocycles. The van der Waals surface area contributed by atoms with Gasteiger partial charge in [0.25, 0.3) is 6.47 Å². The SMILES string of the molecule is C.C#CCCc1ccccc1.CCO.NCC[C@@H](O)c1cccc(C#CCCc2ccccc2)c1.NCC[C@@H](O)c1cccc(CCCCc2ccccc2)c1.O=C(CCNC(=O)C(F)(F)F)c1cccc(Br)c1.O=C(NCC[C@@H](O)c1cccc(Br)c1)C(F)(F)F.O=C(NCC[C@@H](O)c1cccc(C#CCCc2ccccc2)c1)C(F)(F)F.O=CO[O-].[H-].[K+].[K+]. The van der Waals surface area contributed by atoms with E-state index in [-0.39, 0.29) is 169 Å². The Morgan fingerprint density at radius 2 is 0.760 bits per heavy atom. The van der Waals surface area contributed by atoms with E-state index in [1.807, 2.05) is 103 Å². The molecule has 0 aliphatic rings. The Hall–Kier alpha value is -7.51. The number of Topliss-reactive ketones (excluding diaryl/α,β-unsaturated/α-hetero) is 1. The fraction of sp³-hybridized carbons (Fsp3) is 0.316. The van der Waals surface area contributed by atoms with Crippen LogP contribution in [-0.2, 0) is 56.2 Å². The van der Waals surface area contributed by atoms with Gasteiger partial charge < -0.3 is 64.5 Å². The van der Waals surface area contributed by atoms with Gasteiger partial charge in [0.2, 0.25) is 0 Å². The number of rotatable bonds is 30. The third kappa shape index (κ3) is 57.8. The number of carbonyl (C=O) groups is 5. The predicted molar refractivity (Wildman–Crippen MR) is 468 cm³/mol. The molecule has 9 aromatic carbocycles. The summed E-state index contributed by atoms with van der Waals surface area (Å²) in [6, 6.07) is 77.4. The second kappa shape index (κ2) is 71.4. The normalized spacial score (nSPS) is 11.1. The smallest absolute Gasteiger partial charge is 1.00 e. The third-order valence-corrected chi connectivity index (χ3v) is 17.6. The van der Waals surface area contributed by atoms with E-state index in [0.29, 0.717) is 53.5 Å². The molecule has 0 unspecified atom stereocenters. The number of hydrogen-bond donors (Lipinski definition) is 10. The van der Waals surface area contributed by atoms with Crippen LogP contribution in [0.1, 0.15) is 176 Å². The Morgan fingerprint density at radius 3 is 1.11 bits per heavy atom. The largest absolute Gasteiger partial charge is 1.00 e. The Bertz CT molecular complexity index is 4630. The zero-order valence-corrected chi connectivity index (χ0v) is 78.7. The van der Waals surface area contributed by atoms with Crippen molar-refractivity contribution < 1.29 is 203 Å². The van der Waals surface area contributed by atoms with Gasteiger partial charge in [0.1, 0.15) is 0 Å². The van der Waals surface area contributed by atoms with Gasteiger partial charge in [0.15, 0.2) is 5.78 Å². The van der Waals surface area contributed by atoms with Crippen molar-refractivity contribution in [1.29, 1.82) is 0 Å². The van der Waals surface area contributed by atoms with Gasteiger partial charge >= 0.3 is 139 Å². The van der Waals surface area contributed by atoms with E-state index in [1.54, 1.807) is 95.7 Å². The van der Waals surface area contributed by atoms with Crippen LogP contribution < -0.4 is 135 Å². The maximum Gasteiger partial charge on any atom is 1.00 e. The molecule has 125 heavy (non-hydrogen) atoms. The summed E-state index contributed by atoms with van der Waals surface area (Å²) in [5.41, 5.74) is 22.5. The fourth-order valence-corrected chi connectivity index (χ4v) is 11.4. The minimum absolute atomic E-state index is 0. The summed E-state index contributed by atoms with van der Waals surface area (Å²) in [6.07, 6.45) is -1.69. The third-order valence-electron chi connectivity index (χ3n) is 16.6. The van der Waals surface area contributed by atoms with Crippen LogP contribution in [0.5, 0.6) is 0 Å². The van der Waals surface area contributed by atoms with E-state index in [2.05, 4.69) is 133 Å². The Labute approximate surface area is 830 Å². The van der Waals surface area contributed by atoms with Crippen LogP contribution in [0.25, 0.3) is 0 Å². The van der Waals surface area contributed by atoms with Crippen molar-refractivity contribution in [2.24, 2.45) is 11.5 Å². The molecule has 0 aromatic heterocycles. The molecule has 9 aromatic rings. The molecule has 9 rings (SSSR count). The second-order valence-electron chi connectivity index (χ2n) is 26.3. The Morgan fingerprint density at radius 1 is 0.456 bits per heavy atom. The first-order valence-electron chi connectivity index (χ1n) is 38.7. The zero-order chi connectivity index (χ0) is 90.4. The summed E-state index contributed by atoms with van der Waals surface area (Å²) in [5.74, 6) is 8.70. The topological polar surface area (TPSA) is 307 Å². The van der Waals surface area contributed by atoms with E-state index in [4.69, 9.17) is 33.0 Å². The molecule has 0 aliphatic carbocycles. The van der Waals surface area contributed by atoms with Gasteiger partial charge in [-0.25, -0.2) is 0 Å². The van der Waals surface area contributed by atoms with Crippen LogP contribution in [0.15, 0.2) is 252 Å². The Kier molecular flexibility index (Phi) is 68.3. The molecule has 0 bridgehead atoms. The minimum atomic E-state index is -4.92.